The predicted molar refractivity (Wildman–Crippen MR) is 96.1 cm³/mol. The number of nitrogens with one attached hydrogen (secondary N) is 2. The highest BCUT2D eigenvalue weighted by atomic mass is 32.2. The molecule has 2 N–H and O–H groups in total. The summed E-state index contributed by atoms with van der Waals surface area (Å²) in [5.41, 5.74) is 0. The van der Waals surface area contributed by atoms with Crippen LogP contribution in [0.5, 0.6) is 0 Å². The monoisotopic (exact) mass is 371 g/mol. The van der Waals surface area contributed by atoms with Crippen molar-refractivity contribution < 1.29 is 17.6 Å². The maximum Gasteiger partial charge on any atom is 0.287 e. The fourth-order valence-corrected chi connectivity index (χ4v) is 4.11. The molecular weight excluding hydrogens is 342 g/mol. The topological polar surface area (TPSA) is 91.6 Å². The van der Waals surface area contributed by atoms with Crippen molar-refractivity contribution in [1.82, 2.24) is 14.9 Å². The van der Waals surface area contributed by atoms with Crippen LogP contribution in [0, 0.1) is 6.92 Å². The molecule has 7 nitrogen and oxygen atoms in total. The molecular formula is C17H29N3O4S. The Balaban J connectivity index is 1.85. The van der Waals surface area contributed by atoms with Crippen LogP contribution in [0.25, 0.3) is 0 Å². The summed E-state index contributed by atoms with van der Waals surface area (Å²) in [4.78, 5) is 12.2. The minimum Gasteiger partial charge on any atom is -0.455 e. The van der Waals surface area contributed by atoms with E-state index in [-0.39, 0.29) is 16.4 Å². The van der Waals surface area contributed by atoms with Crippen molar-refractivity contribution in [2.24, 2.45) is 0 Å². The Morgan fingerprint density at radius 3 is 2.44 bits per heavy atom. The smallest absolute Gasteiger partial charge is 0.287 e. The van der Waals surface area contributed by atoms with Gasteiger partial charge in [-0.1, -0.05) is 25.7 Å². The molecule has 1 aromatic heterocycles. The van der Waals surface area contributed by atoms with Gasteiger partial charge in [0.25, 0.3) is 5.91 Å². The average molecular weight is 372 g/mol. The van der Waals surface area contributed by atoms with Gasteiger partial charge in [-0.3, -0.25) is 4.79 Å². The molecule has 0 atom stereocenters. The highest BCUT2D eigenvalue weighted by Crippen LogP contribution is 2.22. The molecule has 1 saturated carbocycles. The lowest BCUT2D eigenvalue weighted by molar-refractivity contribution is 0.0924. The molecule has 1 heterocycles. The standard InChI is InChI=1S/C17H29N3O4S/c1-13-16(25(22,23)20(2)3)12-15(24-13)17(21)19-11-10-18-14-8-6-4-5-7-9-14/h12,14,18H,4-11H2,1-3H3,(H,19,21). The molecule has 142 valence electrons. The van der Waals surface area contributed by atoms with E-state index in [1.54, 1.807) is 6.92 Å². The van der Waals surface area contributed by atoms with Crippen LogP contribution in [0.3, 0.4) is 0 Å². The van der Waals surface area contributed by atoms with Gasteiger partial charge in [-0.15, -0.1) is 0 Å². The van der Waals surface area contributed by atoms with Gasteiger partial charge in [-0.2, -0.15) is 0 Å². The summed E-state index contributed by atoms with van der Waals surface area (Å²) in [6.07, 6.45) is 7.53. The molecule has 0 radical (unpaired) electrons. The highest BCUT2D eigenvalue weighted by molar-refractivity contribution is 7.89. The van der Waals surface area contributed by atoms with E-state index in [1.807, 2.05) is 0 Å². The zero-order chi connectivity index (χ0) is 18.4. The van der Waals surface area contributed by atoms with E-state index in [9.17, 15) is 13.2 Å². The zero-order valence-electron chi connectivity index (χ0n) is 15.3. The van der Waals surface area contributed by atoms with Crippen molar-refractivity contribution in [3.63, 3.8) is 0 Å². The minimum absolute atomic E-state index is 0.0207. The highest BCUT2D eigenvalue weighted by Gasteiger charge is 2.25. The van der Waals surface area contributed by atoms with Crippen molar-refractivity contribution in [1.29, 1.82) is 0 Å². The minimum atomic E-state index is -3.62. The summed E-state index contributed by atoms with van der Waals surface area (Å²) < 4.78 is 30.8. The first-order valence-electron chi connectivity index (χ1n) is 8.87. The third-order valence-electron chi connectivity index (χ3n) is 4.55. The zero-order valence-corrected chi connectivity index (χ0v) is 16.1. The lowest BCUT2D eigenvalue weighted by Crippen LogP contribution is -2.36. The second-order valence-corrected chi connectivity index (χ2v) is 8.84. The number of nitrogens with zero attached hydrogens (tertiary/aromatic N) is 1. The Morgan fingerprint density at radius 2 is 1.84 bits per heavy atom. The Morgan fingerprint density at radius 1 is 1.20 bits per heavy atom. The first-order valence-corrected chi connectivity index (χ1v) is 10.3. The van der Waals surface area contributed by atoms with E-state index >= 15 is 0 Å². The number of furan rings is 1. The number of amides is 1. The molecule has 0 bridgehead atoms. The van der Waals surface area contributed by atoms with Gasteiger partial charge in [0.1, 0.15) is 10.7 Å². The molecule has 0 aliphatic heterocycles. The molecule has 1 aromatic rings. The van der Waals surface area contributed by atoms with Crippen LogP contribution in [0.15, 0.2) is 15.4 Å². The Bertz CT molecular complexity index is 674. The first kappa shape index (κ1) is 19.9. The van der Waals surface area contributed by atoms with E-state index in [0.717, 1.165) is 4.31 Å². The molecule has 0 spiro atoms. The van der Waals surface area contributed by atoms with Crippen molar-refractivity contribution in [3.05, 3.63) is 17.6 Å². The van der Waals surface area contributed by atoms with E-state index in [4.69, 9.17) is 4.42 Å². The molecule has 8 heteroatoms. The normalized spacial score (nSPS) is 16.8. The van der Waals surface area contributed by atoms with Crippen molar-refractivity contribution in [3.8, 4) is 0 Å². The molecule has 2 rings (SSSR count). The Hall–Kier alpha value is -1.38. The van der Waals surface area contributed by atoms with Gasteiger partial charge >= 0.3 is 0 Å². The van der Waals surface area contributed by atoms with Crippen molar-refractivity contribution >= 4 is 15.9 Å². The quantitative estimate of drug-likeness (QED) is 0.564. The first-order chi connectivity index (χ1) is 11.8. The summed E-state index contributed by atoms with van der Waals surface area (Å²) in [5.74, 6) is -0.159. The average Bonchev–Trinajstić information content (AvgIpc) is 2.79. The van der Waals surface area contributed by atoms with Crippen LogP contribution in [0.4, 0.5) is 0 Å². The molecule has 1 aliphatic rings. The fourth-order valence-electron chi connectivity index (χ4n) is 3.05. The fraction of sp³-hybridized carbons (Fsp3) is 0.706. The third kappa shape index (κ3) is 5.29. The van der Waals surface area contributed by atoms with E-state index in [0.29, 0.717) is 19.1 Å². The lowest BCUT2D eigenvalue weighted by atomic mass is 10.1. The number of sulfonamides is 1. The Kier molecular flexibility index (Phi) is 7.04. The number of hydrogen-bond donors (Lipinski definition) is 2. The summed E-state index contributed by atoms with van der Waals surface area (Å²) in [6, 6.07) is 1.82. The van der Waals surface area contributed by atoms with E-state index in [1.165, 1.54) is 58.7 Å². The molecule has 1 fully saturated rings. The molecule has 0 saturated heterocycles. The summed E-state index contributed by atoms with van der Waals surface area (Å²) in [5, 5.41) is 6.25. The van der Waals surface area contributed by atoms with Gasteiger partial charge in [0.2, 0.25) is 10.0 Å². The largest absolute Gasteiger partial charge is 0.455 e. The molecule has 0 aromatic carbocycles. The summed E-state index contributed by atoms with van der Waals surface area (Å²) in [7, 11) is -0.726. The van der Waals surface area contributed by atoms with Gasteiger partial charge in [-0.25, -0.2) is 12.7 Å². The van der Waals surface area contributed by atoms with Crippen molar-refractivity contribution in [2.45, 2.75) is 56.4 Å². The SMILES string of the molecule is Cc1oc(C(=O)NCCNC2CCCCCC2)cc1S(=O)(=O)N(C)C. The van der Waals surface area contributed by atoms with Gasteiger partial charge < -0.3 is 15.1 Å². The number of carbonyl (C=O) groups is 1. The molecule has 0 unspecified atom stereocenters. The number of hydrogen-bond acceptors (Lipinski definition) is 5. The second kappa shape index (κ2) is 8.82. The molecule has 1 aliphatic carbocycles. The summed E-state index contributed by atoms with van der Waals surface area (Å²) in [6.45, 7) is 2.71. The summed E-state index contributed by atoms with van der Waals surface area (Å²) >= 11 is 0. The van der Waals surface area contributed by atoms with Crippen LogP contribution in [-0.4, -0.2) is 51.9 Å². The van der Waals surface area contributed by atoms with Crippen LogP contribution in [0.2, 0.25) is 0 Å². The molecule has 25 heavy (non-hydrogen) atoms. The van der Waals surface area contributed by atoms with Gasteiger partial charge in [-0.05, 0) is 19.8 Å². The van der Waals surface area contributed by atoms with Gasteiger partial charge in [0, 0.05) is 39.3 Å². The van der Waals surface area contributed by atoms with Crippen LogP contribution in [0.1, 0.15) is 54.8 Å². The number of rotatable bonds is 7. The van der Waals surface area contributed by atoms with E-state index < -0.39 is 15.9 Å². The van der Waals surface area contributed by atoms with E-state index in [2.05, 4.69) is 10.6 Å². The van der Waals surface area contributed by atoms with Gasteiger partial charge in [0.15, 0.2) is 5.76 Å². The number of carbonyl (C=O) groups excluding carboxylic acids is 1. The van der Waals surface area contributed by atoms with Gasteiger partial charge in [0.05, 0.1) is 0 Å². The van der Waals surface area contributed by atoms with Crippen LogP contribution in [-0.2, 0) is 10.0 Å². The second-order valence-electron chi connectivity index (χ2n) is 6.72. The van der Waals surface area contributed by atoms with Crippen LogP contribution >= 0.6 is 0 Å². The predicted octanol–water partition coefficient (Wildman–Crippen LogP) is 1.88. The maximum absolute atomic E-state index is 12.2. The Labute approximate surface area is 150 Å². The molecule has 1 amide bonds. The number of aryl methyl sites for hydroxylation is 1. The lowest BCUT2D eigenvalue weighted by Gasteiger charge is -2.16. The van der Waals surface area contributed by atoms with Crippen LogP contribution < -0.4 is 10.6 Å². The maximum atomic E-state index is 12.2. The third-order valence-corrected chi connectivity index (χ3v) is 6.48. The van der Waals surface area contributed by atoms with Crippen molar-refractivity contribution in [2.75, 3.05) is 27.2 Å².